The number of halogens is 3. The van der Waals surface area contributed by atoms with Crippen molar-refractivity contribution in [1.82, 2.24) is 19.8 Å². The quantitative estimate of drug-likeness (QED) is 0.501. The van der Waals surface area contributed by atoms with E-state index in [2.05, 4.69) is 15.2 Å². The molecule has 204 valence electrons. The zero-order valence-electron chi connectivity index (χ0n) is 21.2. The number of carbonyl (C=O) groups excluding carboxylic acids is 2. The molecule has 2 aliphatic rings. The molecular weight excluding hydrogens is 532 g/mol. The molecule has 0 radical (unpaired) electrons. The SMILES string of the molecule is COc1cc(F)c([C@@H]2CN(c3cncn(C4CCN(C)C4)c3=O)C(=O)[C@H]2NC(=O)c2ccc(Cl)cc2)c(F)c1. The van der Waals surface area contributed by atoms with Crippen LogP contribution in [-0.4, -0.2) is 66.1 Å². The lowest BCUT2D eigenvalue weighted by atomic mass is 9.92. The van der Waals surface area contributed by atoms with Crippen molar-refractivity contribution in [3.05, 3.63) is 87.1 Å². The molecule has 9 nitrogen and oxygen atoms in total. The number of rotatable bonds is 6. The molecule has 2 saturated heterocycles. The molecule has 3 atom stereocenters. The minimum atomic E-state index is -1.36. The molecule has 12 heteroatoms. The maximum atomic E-state index is 15.2. The zero-order chi connectivity index (χ0) is 27.8. The second-order valence-corrected chi connectivity index (χ2v) is 10.2. The van der Waals surface area contributed by atoms with Gasteiger partial charge in [0.15, 0.2) is 0 Å². The summed E-state index contributed by atoms with van der Waals surface area (Å²) in [4.78, 5) is 47.7. The first-order chi connectivity index (χ1) is 18.7. The van der Waals surface area contributed by atoms with Crippen LogP contribution in [0.1, 0.15) is 34.3 Å². The van der Waals surface area contributed by atoms with Crippen LogP contribution >= 0.6 is 11.6 Å². The summed E-state index contributed by atoms with van der Waals surface area (Å²) in [5, 5.41) is 3.03. The summed E-state index contributed by atoms with van der Waals surface area (Å²) in [6.07, 6.45) is 3.42. The van der Waals surface area contributed by atoms with Gasteiger partial charge < -0.3 is 19.9 Å². The summed E-state index contributed by atoms with van der Waals surface area (Å²) in [6, 6.07) is 6.50. The smallest absolute Gasteiger partial charge is 0.277 e. The van der Waals surface area contributed by atoms with Gasteiger partial charge in [-0.15, -0.1) is 0 Å². The van der Waals surface area contributed by atoms with Crippen molar-refractivity contribution in [1.29, 1.82) is 0 Å². The van der Waals surface area contributed by atoms with E-state index in [-0.39, 0.29) is 29.6 Å². The van der Waals surface area contributed by atoms with Crippen LogP contribution in [0.25, 0.3) is 0 Å². The summed E-state index contributed by atoms with van der Waals surface area (Å²) >= 11 is 5.92. The number of nitrogens with zero attached hydrogens (tertiary/aromatic N) is 4. The largest absolute Gasteiger partial charge is 0.497 e. The predicted molar refractivity (Wildman–Crippen MR) is 140 cm³/mol. The van der Waals surface area contributed by atoms with Gasteiger partial charge in [-0.2, -0.15) is 0 Å². The van der Waals surface area contributed by atoms with Gasteiger partial charge in [0.05, 0.1) is 25.7 Å². The topological polar surface area (TPSA) is 96.8 Å². The number of hydrogen-bond acceptors (Lipinski definition) is 6. The van der Waals surface area contributed by atoms with Crippen LogP contribution < -0.4 is 20.5 Å². The van der Waals surface area contributed by atoms with Crippen molar-refractivity contribution in [2.75, 3.05) is 38.7 Å². The van der Waals surface area contributed by atoms with E-state index in [1.54, 1.807) is 0 Å². The van der Waals surface area contributed by atoms with Crippen LogP contribution in [0.15, 0.2) is 53.7 Å². The fraction of sp³-hybridized carbons (Fsp3) is 0.333. The molecule has 3 aromatic rings. The van der Waals surface area contributed by atoms with Crippen molar-refractivity contribution in [2.24, 2.45) is 0 Å². The number of methoxy groups -OCH3 is 1. The molecule has 2 aliphatic heterocycles. The maximum absolute atomic E-state index is 15.2. The standard InChI is InChI=1S/C27H26ClF2N5O4/c1-33-8-7-17(12-33)35-14-31-11-22(26(35)37)34-13-19(23-20(29)9-18(39-2)10-21(23)30)24(27(34)38)32-25(36)15-3-5-16(28)6-4-15/h3-6,9-11,14,17,19,24H,7-8,12-13H2,1-2H3,(H,32,36)/t17?,19-,24-/m0/s1. The third-order valence-electron chi connectivity index (χ3n) is 7.26. The van der Waals surface area contributed by atoms with Crippen LogP contribution in [0.5, 0.6) is 5.75 Å². The van der Waals surface area contributed by atoms with Gasteiger partial charge in [0.1, 0.15) is 29.1 Å². The van der Waals surface area contributed by atoms with Crippen molar-refractivity contribution in [3.63, 3.8) is 0 Å². The molecule has 0 spiro atoms. The fourth-order valence-electron chi connectivity index (χ4n) is 5.23. The Balaban J connectivity index is 1.54. The van der Waals surface area contributed by atoms with E-state index < -0.39 is 46.5 Å². The highest BCUT2D eigenvalue weighted by Gasteiger charge is 2.46. The average molecular weight is 558 g/mol. The second-order valence-electron chi connectivity index (χ2n) is 9.71. The Morgan fingerprint density at radius 3 is 2.44 bits per heavy atom. The molecule has 2 amide bonds. The normalized spacial score (nSPS) is 21.4. The van der Waals surface area contributed by atoms with Crippen LogP contribution in [0.3, 0.4) is 0 Å². The zero-order valence-corrected chi connectivity index (χ0v) is 22.0. The number of hydrogen-bond donors (Lipinski definition) is 1. The lowest BCUT2D eigenvalue weighted by Crippen LogP contribution is -2.45. The van der Waals surface area contributed by atoms with Crippen LogP contribution in [0.4, 0.5) is 14.5 Å². The average Bonchev–Trinajstić information content (AvgIpc) is 3.47. The van der Waals surface area contributed by atoms with Gasteiger partial charge in [-0.25, -0.2) is 13.8 Å². The van der Waals surface area contributed by atoms with Crippen molar-refractivity contribution in [2.45, 2.75) is 24.4 Å². The number of amides is 2. The van der Waals surface area contributed by atoms with Crippen molar-refractivity contribution >= 4 is 29.1 Å². The molecule has 0 saturated carbocycles. The molecular formula is C27H26ClF2N5O4. The molecule has 39 heavy (non-hydrogen) atoms. The van der Waals surface area contributed by atoms with Gasteiger partial charge in [0.25, 0.3) is 11.5 Å². The fourth-order valence-corrected chi connectivity index (χ4v) is 5.35. The second kappa shape index (κ2) is 10.7. The van der Waals surface area contributed by atoms with E-state index in [0.717, 1.165) is 30.0 Å². The number of likely N-dealkylation sites (N-methyl/N-ethyl adjacent to an activating group) is 1. The number of benzene rings is 2. The van der Waals surface area contributed by atoms with Gasteiger partial charge in [-0.1, -0.05) is 11.6 Å². The molecule has 1 aromatic heterocycles. The first kappa shape index (κ1) is 26.8. The Labute approximate surface area is 227 Å². The molecule has 2 aromatic carbocycles. The summed E-state index contributed by atoms with van der Waals surface area (Å²) in [5.41, 5.74) is -0.666. The Bertz CT molecular complexity index is 1460. The molecule has 2 fully saturated rings. The number of anilines is 1. The maximum Gasteiger partial charge on any atom is 0.277 e. The van der Waals surface area contributed by atoms with Gasteiger partial charge in [0, 0.05) is 47.3 Å². The van der Waals surface area contributed by atoms with E-state index in [0.29, 0.717) is 11.6 Å². The highest BCUT2D eigenvalue weighted by atomic mass is 35.5. The van der Waals surface area contributed by atoms with E-state index >= 15 is 8.78 Å². The van der Waals surface area contributed by atoms with Crippen LogP contribution in [0, 0.1) is 11.6 Å². The Morgan fingerprint density at radius 2 is 1.82 bits per heavy atom. The summed E-state index contributed by atoms with van der Waals surface area (Å²) in [6.45, 7) is 1.20. The number of nitrogens with one attached hydrogen (secondary N) is 1. The van der Waals surface area contributed by atoms with Gasteiger partial charge in [-0.3, -0.25) is 19.0 Å². The number of aromatic nitrogens is 2. The molecule has 1 unspecified atom stereocenters. The Morgan fingerprint density at radius 1 is 1.13 bits per heavy atom. The first-order valence-corrected chi connectivity index (χ1v) is 12.7. The molecule has 5 rings (SSSR count). The molecule has 0 aliphatic carbocycles. The minimum absolute atomic E-state index is 0.0281. The van der Waals surface area contributed by atoms with E-state index in [1.165, 1.54) is 48.5 Å². The number of likely N-dealkylation sites (tertiary alicyclic amines) is 1. The predicted octanol–water partition coefficient (Wildman–Crippen LogP) is 2.99. The van der Waals surface area contributed by atoms with Crippen molar-refractivity contribution < 1.29 is 23.1 Å². The Kier molecular flexibility index (Phi) is 7.37. The Hall–Kier alpha value is -3.83. The highest BCUT2D eigenvalue weighted by Crippen LogP contribution is 2.36. The lowest BCUT2D eigenvalue weighted by molar-refractivity contribution is -0.118. The highest BCUT2D eigenvalue weighted by molar-refractivity contribution is 6.30. The summed E-state index contributed by atoms with van der Waals surface area (Å²) in [7, 11) is 3.22. The number of ether oxygens (including phenoxy) is 1. The first-order valence-electron chi connectivity index (χ1n) is 12.3. The van der Waals surface area contributed by atoms with Crippen LogP contribution in [-0.2, 0) is 4.79 Å². The van der Waals surface area contributed by atoms with E-state index in [4.69, 9.17) is 16.3 Å². The third kappa shape index (κ3) is 5.11. The minimum Gasteiger partial charge on any atom is -0.497 e. The van der Waals surface area contributed by atoms with E-state index in [1.807, 2.05) is 7.05 Å². The third-order valence-corrected chi connectivity index (χ3v) is 7.51. The van der Waals surface area contributed by atoms with Crippen molar-refractivity contribution in [3.8, 4) is 5.75 Å². The van der Waals surface area contributed by atoms with E-state index in [9.17, 15) is 14.4 Å². The van der Waals surface area contributed by atoms with Gasteiger partial charge >= 0.3 is 0 Å². The molecule has 3 heterocycles. The molecule has 1 N–H and O–H groups in total. The van der Waals surface area contributed by atoms with Gasteiger partial charge in [-0.05, 0) is 44.3 Å². The lowest BCUT2D eigenvalue weighted by Gasteiger charge is -2.20. The van der Waals surface area contributed by atoms with Crippen LogP contribution in [0.2, 0.25) is 5.02 Å². The molecule has 0 bridgehead atoms. The number of carbonyl (C=O) groups is 2. The summed E-state index contributed by atoms with van der Waals surface area (Å²) < 4.78 is 36.9. The monoisotopic (exact) mass is 557 g/mol. The summed E-state index contributed by atoms with van der Waals surface area (Å²) in [5.74, 6) is -4.37. The van der Waals surface area contributed by atoms with Gasteiger partial charge in [0.2, 0.25) is 5.91 Å².